The Morgan fingerprint density at radius 3 is 2.78 bits per heavy atom. The van der Waals surface area contributed by atoms with E-state index in [0.717, 1.165) is 5.56 Å². The van der Waals surface area contributed by atoms with Crippen LogP contribution in [0.5, 0.6) is 5.75 Å². The zero-order chi connectivity index (χ0) is 22.7. The molecule has 1 N–H and O–H groups in total. The summed E-state index contributed by atoms with van der Waals surface area (Å²) >= 11 is 5.98. The van der Waals surface area contributed by atoms with E-state index in [1.165, 1.54) is 0 Å². The van der Waals surface area contributed by atoms with Crippen molar-refractivity contribution >= 4 is 23.2 Å². The quantitative estimate of drug-likeness (QED) is 0.429. The maximum Gasteiger partial charge on any atom is 0.278 e. The molecule has 0 aliphatic carbocycles. The molecule has 0 unspecified atom stereocenters. The van der Waals surface area contributed by atoms with Crippen LogP contribution < -0.4 is 10.1 Å². The van der Waals surface area contributed by atoms with Crippen LogP contribution in [0.1, 0.15) is 34.6 Å². The third-order valence-corrected chi connectivity index (χ3v) is 5.12. The predicted molar refractivity (Wildman–Crippen MR) is 121 cm³/mol. The van der Waals surface area contributed by atoms with Crippen LogP contribution in [0.3, 0.4) is 0 Å². The molecule has 0 radical (unpaired) electrons. The third-order valence-electron chi connectivity index (χ3n) is 4.89. The summed E-state index contributed by atoms with van der Waals surface area (Å²) in [5.74, 6) is 1.48. The Balaban J connectivity index is 1.55. The molecule has 32 heavy (non-hydrogen) atoms. The summed E-state index contributed by atoms with van der Waals surface area (Å²) in [5, 5.41) is 11.5. The topological polar surface area (TPSA) is 95.1 Å². The number of halogens is 1. The molecule has 0 aliphatic heterocycles. The lowest BCUT2D eigenvalue weighted by atomic mass is 10.2. The maximum absolute atomic E-state index is 12.6. The number of nitrogens with zero attached hydrogens (tertiary/aromatic N) is 4. The number of rotatable bonds is 7. The van der Waals surface area contributed by atoms with Gasteiger partial charge in [-0.1, -0.05) is 35.0 Å². The zero-order valence-electron chi connectivity index (χ0n) is 17.9. The molecule has 2 aromatic carbocycles. The highest BCUT2D eigenvalue weighted by molar-refractivity contribution is 6.30. The standard InChI is InChI=1S/C23H22ClN5O3/c1-4-31-20-11-6-5-10-18(20)23-26-19(15(3)32-23)13-29-14(2)21(27-28-29)22(30)25-17-9-7-8-16(24)12-17/h5-12H,4,13H2,1-3H3,(H,25,30). The highest BCUT2D eigenvalue weighted by Crippen LogP contribution is 2.30. The van der Waals surface area contributed by atoms with Gasteiger partial charge in [-0.15, -0.1) is 5.10 Å². The number of nitrogens with one attached hydrogen (secondary N) is 1. The molecule has 0 atom stereocenters. The molecule has 0 fully saturated rings. The van der Waals surface area contributed by atoms with Crippen molar-refractivity contribution in [3.63, 3.8) is 0 Å². The number of aromatic nitrogens is 4. The van der Waals surface area contributed by atoms with Gasteiger partial charge in [-0.3, -0.25) is 4.79 Å². The first-order valence-corrected chi connectivity index (χ1v) is 10.5. The van der Waals surface area contributed by atoms with Crippen LogP contribution in [-0.4, -0.2) is 32.5 Å². The SMILES string of the molecule is CCOc1ccccc1-c1nc(Cn2nnc(C(=O)Nc3cccc(Cl)c3)c2C)c(C)o1. The number of carbonyl (C=O) groups is 1. The Labute approximate surface area is 190 Å². The molecule has 2 heterocycles. The number of hydrogen-bond donors (Lipinski definition) is 1. The van der Waals surface area contributed by atoms with Crippen LogP contribution in [0.15, 0.2) is 52.9 Å². The van der Waals surface area contributed by atoms with Crippen LogP contribution in [0.4, 0.5) is 5.69 Å². The summed E-state index contributed by atoms with van der Waals surface area (Å²) in [6.07, 6.45) is 0. The number of oxazole rings is 1. The molecule has 1 amide bonds. The van der Waals surface area contributed by atoms with Gasteiger partial charge in [0.05, 0.1) is 24.4 Å². The van der Waals surface area contributed by atoms with Gasteiger partial charge in [0.1, 0.15) is 17.2 Å². The molecular formula is C23H22ClN5O3. The van der Waals surface area contributed by atoms with E-state index < -0.39 is 0 Å². The Kier molecular flexibility index (Phi) is 6.23. The first-order valence-electron chi connectivity index (χ1n) is 10.1. The van der Waals surface area contributed by atoms with E-state index in [-0.39, 0.29) is 11.6 Å². The fourth-order valence-electron chi connectivity index (χ4n) is 3.23. The molecule has 0 spiro atoms. The second-order valence-electron chi connectivity index (χ2n) is 7.10. The van der Waals surface area contributed by atoms with Gasteiger partial charge in [0.15, 0.2) is 5.69 Å². The van der Waals surface area contributed by atoms with Crippen LogP contribution in [0.25, 0.3) is 11.5 Å². The van der Waals surface area contributed by atoms with Crippen LogP contribution >= 0.6 is 11.6 Å². The van der Waals surface area contributed by atoms with Crippen molar-refractivity contribution in [3.05, 3.63) is 76.4 Å². The van der Waals surface area contributed by atoms with E-state index in [2.05, 4.69) is 20.6 Å². The molecule has 0 saturated heterocycles. The van der Waals surface area contributed by atoms with Crippen molar-refractivity contribution in [1.82, 2.24) is 20.0 Å². The number of amides is 1. The van der Waals surface area contributed by atoms with Crippen molar-refractivity contribution in [2.75, 3.05) is 11.9 Å². The third kappa shape index (κ3) is 4.50. The van der Waals surface area contributed by atoms with E-state index in [1.807, 2.05) is 38.1 Å². The summed E-state index contributed by atoms with van der Waals surface area (Å²) in [5.41, 5.74) is 2.90. The largest absolute Gasteiger partial charge is 0.493 e. The fourth-order valence-corrected chi connectivity index (χ4v) is 3.42. The number of anilines is 1. The molecule has 0 bridgehead atoms. The fraction of sp³-hybridized carbons (Fsp3) is 0.217. The first-order chi connectivity index (χ1) is 15.5. The van der Waals surface area contributed by atoms with Crippen molar-refractivity contribution in [2.45, 2.75) is 27.3 Å². The maximum atomic E-state index is 12.6. The summed E-state index contributed by atoms with van der Waals surface area (Å²) in [6.45, 7) is 6.41. The smallest absolute Gasteiger partial charge is 0.278 e. The summed E-state index contributed by atoms with van der Waals surface area (Å²) in [7, 11) is 0. The van der Waals surface area contributed by atoms with Gasteiger partial charge in [-0.05, 0) is 51.1 Å². The Hall–Kier alpha value is -3.65. The summed E-state index contributed by atoms with van der Waals surface area (Å²) in [4.78, 5) is 17.3. The van der Waals surface area contributed by atoms with E-state index in [9.17, 15) is 4.79 Å². The molecule has 4 aromatic rings. The highest BCUT2D eigenvalue weighted by Gasteiger charge is 2.20. The van der Waals surface area contributed by atoms with Crippen molar-refractivity contribution in [3.8, 4) is 17.2 Å². The number of aryl methyl sites for hydroxylation is 1. The minimum absolute atomic E-state index is 0.230. The zero-order valence-corrected chi connectivity index (χ0v) is 18.7. The van der Waals surface area contributed by atoms with Gasteiger partial charge in [0.2, 0.25) is 5.89 Å². The van der Waals surface area contributed by atoms with Gasteiger partial charge >= 0.3 is 0 Å². The summed E-state index contributed by atoms with van der Waals surface area (Å²) in [6, 6.07) is 14.5. The second kappa shape index (κ2) is 9.23. The van der Waals surface area contributed by atoms with Gasteiger partial charge in [0, 0.05) is 10.7 Å². The number of ether oxygens (including phenoxy) is 1. The molecular weight excluding hydrogens is 430 g/mol. The Morgan fingerprint density at radius 2 is 2.00 bits per heavy atom. The van der Waals surface area contributed by atoms with Crippen molar-refractivity contribution in [2.24, 2.45) is 0 Å². The number of carbonyl (C=O) groups excluding carboxylic acids is 1. The lowest BCUT2D eigenvalue weighted by molar-refractivity contribution is 0.102. The van der Waals surface area contributed by atoms with Crippen LogP contribution in [0, 0.1) is 13.8 Å². The van der Waals surface area contributed by atoms with E-state index in [1.54, 1.807) is 35.9 Å². The monoisotopic (exact) mass is 451 g/mol. The average Bonchev–Trinajstić information content (AvgIpc) is 3.31. The first kappa shape index (κ1) is 21.6. The molecule has 4 rings (SSSR count). The van der Waals surface area contributed by atoms with Gasteiger partial charge < -0.3 is 14.5 Å². The predicted octanol–water partition coefficient (Wildman–Crippen LogP) is 4.90. The second-order valence-corrected chi connectivity index (χ2v) is 7.53. The lowest BCUT2D eigenvalue weighted by Gasteiger charge is -2.06. The van der Waals surface area contributed by atoms with E-state index >= 15 is 0 Å². The van der Waals surface area contributed by atoms with Gasteiger partial charge in [-0.25, -0.2) is 9.67 Å². The summed E-state index contributed by atoms with van der Waals surface area (Å²) < 4.78 is 13.2. The number of hydrogen-bond acceptors (Lipinski definition) is 6. The molecule has 0 aliphatic rings. The molecule has 2 aromatic heterocycles. The highest BCUT2D eigenvalue weighted by atomic mass is 35.5. The average molecular weight is 452 g/mol. The van der Waals surface area contributed by atoms with Crippen molar-refractivity contribution in [1.29, 1.82) is 0 Å². The minimum atomic E-state index is -0.362. The Morgan fingerprint density at radius 1 is 1.19 bits per heavy atom. The van der Waals surface area contributed by atoms with Crippen LogP contribution in [-0.2, 0) is 6.54 Å². The van der Waals surface area contributed by atoms with E-state index in [0.29, 0.717) is 52.6 Å². The van der Waals surface area contributed by atoms with Gasteiger partial charge in [0.25, 0.3) is 5.91 Å². The van der Waals surface area contributed by atoms with Crippen molar-refractivity contribution < 1.29 is 13.9 Å². The number of benzene rings is 2. The molecule has 164 valence electrons. The minimum Gasteiger partial charge on any atom is -0.493 e. The number of para-hydroxylation sites is 1. The normalized spacial score (nSPS) is 10.9. The molecule has 9 heteroatoms. The van der Waals surface area contributed by atoms with E-state index in [4.69, 9.17) is 20.8 Å². The molecule has 0 saturated carbocycles. The lowest BCUT2D eigenvalue weighted by Crippen LogP contribution is -2.14. The molecule has 8 nitrogen and oxygen atoms in total. The Bertz CT molecular complexity index is 1260. The van der Waals surface area contributed by atoms with Gasteiger partial charge in [-0.2, -0.15) is 0 Å². The van der Waals surface area contributed by atoms with Crippen LogP contribution in [0.2, 0.25) is 5.02 Å².